The van der Waals surface area contributed by atoms with Crippen molar-refractivity contribution in [2.75, 3.05) is 7.05 Å². The van der Waals surface area contributed by atoms with Gasteiger partial charge in [-0.1, -0.05) is 26.8 Å². The predicted octanol–water partition coefficient (Wildman–Crippen LogP) is 4.81. The van der Waals surface area contributed by atoms with Crippen LogP contribution in [0.4, 0.5) is 8.78 Å². The second-order valence-corrected chi connectivity index (χ2v) is 6.50. The highest BCUT2D eigenvalue weighted by atomic mass is 79.9. The normalized spacial score (nSPS) is 13.7. The van der Waals surface area contributed by atoms with E-state index in [1.165, 1.54) is 6.07 Å². The van der Waals surface area contributed by atoms with E-state index in [1.807, 2.05) is 7.05 Å². The van der Waals surface area contributed by atoms with E-state index < -0.39 is 11.6 Å². The Hall–Kier alpha value is -0.480. The lowest BCUT2D eigenvalue weighted by Gasteiger charge is -2.24. The molecule has 0 aliphatic carbocycles. The van der Waals surface area contributed by atoms with Crippen LogP contribution < -0.4 is 5.32 Å². The molecule has 1 atom stereocenters. The fourth-order valence-corrected chi connectivity index (χ4v) is 2.44. The largest absolute Gasteiger partial charge is 0.313 e. The van der Waals surface area contributed by atoms with Crippen molar-refractivity contribution in [3.63, 3.8) is 0 Å². The summed E-state index contributed by atoms with van der Waals surface area (Å²) in [5.41, 5.74) is 0.987. The van der Waals surface area contributed by atoms with Gasteiger partial charge in [-0.15, -0.1) is 0 Å². The Kier molecular flexibility index (Phi) is 5.29. The maximum Gasteiger partial charge on any atom is 0.173 e. The van der Waals surface area contributed by atoms with E-state index in [4.69, 9.17) is 0 Å². The van der Waals surface area contributed by atoms with Gasteiger partial charge in [0.2, 0.25) is 0 Å². The Balaban J connectivity index is 2.92. The van der Waals surface area contributed by atoms with Crippen LogP contribution in [0.1, 0.15) is 45.2 Å². The third-order valence-electron chi connectivity index (χ3n) is 2.97. The van der Waals surface area contributed by atoms with Gasteiger partial charge in [0.15, 0.2) is 11.6 Å². The van der Waals surface area contributed by atoms with E-state index >= 15 is 0 Å². The van der Waals surface area contributed by atoms with Crippen molar-refractivity contribution in [2.45, 2.75) is 39.7 Å². The Morgan fingerprint density at radius 1 is 1.28 bits per heavy atom. The molecule has 1 unspecified atom stereocenters. The topological polar surface area (TPSA) is 12.0 Å². The van der Waals surface area contributed by atoms with Gasteiger partial charge in [-0.25, -0.2) is 8.78 Å². The van der Waals surface area contributed by atoms with Gasteiger partial charge in [0, 0.05) is 6.04 Å². The lowest BCUT2D eigenvalue weighted by molar-refractivity contribution is 0.337. The summed E-state index contributed by atoms with van der Waals surface area (Å²) in [6, 6.07) is 2.83. The highest BCUT2D eigenvalue weighted by Gasteiger charge is 2.20. The fraction of sp³-hybridized carbons (Fsp3) is 0.571. The molecule has 1 nitrogen and oxygen atoms in total. The molecule has 18 heavy (non-hydrogen) atoms. The first-order chi connectivity index (χ1) is 8.26. The number of benzene rings is 1. The van der Waals surface area contributed by atoms with Crippen LogP contribution in [-0.4, -0.2) is 7.05 Å². The van der Waals surface area contributed by atoms with Crippen molar-refractivity contribution >= 4 is 15.9 Å². The van der Waals surface area contributed by atoms with E-state index in [-0.39, 0.29) is 15.9 Å². The smallest absolute Gasteiger partial charge is 0.173 e. The number of halogens is 3. The maximum atomic E-state index is 13.5. The fourth-order valence-electron chi connectivity index (χ4n) is 1.84. The molecule has 0 aromatic heterocycles. The summed E-state index contributed by atoms with van der Waals surface area (Å²) in [5, 5.41) is 3.16. The molecule has 0 spiro atoms. The molecule has 0 heterocycles. The van der Waals surface area contributed by atoms with Gasteiger partial charge in [-0.05, 0) is 52.9 Å². The van der Waals surface area contributed by atoms with E-state index in [9.17, 15) is 8.78 Å². The zero-order valence-electron chi connectivity index (χ0n) is 11.3. The van der Waals surface area contributed by atoms with Crippen LogP contribution in [0.2, 0.25) is 0 Å². The standard InChI is InChI=1S/C14H20BrF2N/c1-14(2,3)8-7-11(18-4)9-5-6-10(16)13(17)12(9)15/h5-6,11,18H,7-8H2,1-4H3. The van der Waals surface area contributed by atoms with Gasteiger partial charge in [-0.3, -0.25) is 0 Å². The Morgan fingerprint density at radius 3 is 2.39 bits per heavy atom. The molecular formula is C14H20BrF2N. The molecule has 1 aromatic carbocycles. The number of hydrogen-bond donors (Lipinski definition) is 1. The van der Waals surface area contributed by atoms with Crippen LogP contribution in [0.15, 0.2) is 16.6 Å². The second-order valence-electron chi connectivity index (χ2n) is 5.71. The molecule has 0 bridgehead atoms. The SMILES string of the molecule is CNC(CCC(C)(C)C)c1ccc(F)c(F)c1Br. The molecule has 0 fully saturated rings. The molecule has 0 aliphatic heterocycles. The van der Waals surface area contributed by atoms with E-state index in [0.29, 0.717) is 0 Å². The first-order valence-electron chi connectivity index (χ1n) is 6.07. The van der Waals surface area contributed by atoms with Crippen molar-refractivity contribution in [1.29, 1.82) is 0 Å². The lowest BCUT2D eigenvalue weighted by atomic mass is 9.87. The van der Waals surface area contributed by atoms with Crippen molar-refractivity contribution in [1.82, 2.24) is 5.32 Å². The minimum absolute atomic E-state index is 0.0219. The van der Waals surface area contributed by atoms with E-state index in [0.717, 1.165) is 18.4 Å². The van der Waals surface area contributed by atoms with Gasteiger partial charge in [0.1, 0.15) is 0 Å². The van der Waals surface area contributed by atoms with Crippen LogP contribution in [-0.2, 0) is 0 Å². The molecule has 0 radical (unpaired) electrons. The Labute approximate surface area is 116 Å². The third kappa shape index (κ3) is 4.02. The summed E-state index contributed by atoms with van der Waals surface area (Å²) in [6.45, 7) is 6.50. The molecule has 0 saturated heterocycles. The molecule has 1 N–H and O–H groups in total. The van der Waals surface area contributed by atoms with Gasteiger partial charge < -0.3 is 5.32 Å². The summed E-state index contributed by atoms with van der Waals surface area (Å²) < 4.78 is 26.8. The minimum Gasteiger partial charge on any atom is -0.313 e. The van der Waals surface area contributed by atoms with Crippen molar-refractivity contribution < 1.29 is 8.78 Å². The Morgan fingerprint density at radius 2 is 1.89 bits per heavy atom. The first-order valence-corrected chi connectivity index (χ1v) is 6.86. The van der Waals surface area contributed by atoms with Gasteiger partial charge in [0.05, 0.1) is 4.47 Å². The number of rotatable bonds is 4. The van der Waals surface area contributed by atoms with Gasteiger partial charge in [0.25, 0.3) is 0 Å². The molecule has 4 heteroatoms. The van der Waals surface area contributed by atoms with Crippen molar-refractivity contribution in [3.8, 4) is 0 Å². The summed E-state index contributed by atoms with van der Waals surface area (Å²) in [7, 11) is 1.83. The molecular weight excluding hydrogens is 300 g/mol. The molecule has 0 aliphatic rings. The molecule has 1 rings (SSSR count). The monoisotopic (exact) mass is 319 g/mol. The maximum absolute atomic E-state index is 13.5. The Bertz CT molecular complexity index is 413. The quantitative estimate of drug-likeness (QED) is 0.785. The van der Waals surface area contributed by atoms with E-state index in [2.05, 4.69) is 42.0 Å². The van der Waals surface area contributed by atoms with Crippen LogP contribution >= 0.6 is 15.9 Å². The van der Waals surface area contributed by atoms with Crippen LogP contribution in [0.5, 0.6) is 0 Å². The average Bonchev–Trinajstić information content (AvgIpc) is 2.28. The third-order valence-corrected chi connectivity index (χ3v) is 3.78. The van der Waals surface area contributed by atoms with Crippen LogP contribution in [0.25, 0.3) is 0 Å². The van der Waals surface area contributed by atoms with E-state index in [1.54, 1.807) is 6.07 Å². The molecule has 0 amide bonds. The average molecular weight is 320 g/mol. The first kappa shape index (κ1) is 15.6. The van der Waals surface area contributed by atoms with Crippen LogP contribution in [0.3, 0.4) is 0 Å². The van der Waals surface area contributed by atoms with Gasteiger partial charge >= 0.3 is 0 Å². The summed E-state index contributed by atoms with van der Waals surface area (Å²) in [6.07, 6.45) is 1.88. The van der Waals surface area contributed by atoms with Crippen molar-refractivity contribution in [3.05, 3.63) is 33.8 Å². The van der Waals surface area contributed by atoms with Gasteiger partial charge in [-0.2, -0.15) is 0 Å². The second kappa shape index (κ2) is 6.11. The minimum atomic E-state index is -0.823. The summed E-state index contributed by atoms with van der Waals surface area (Å²) >= 11 is 3.14. The highest BCUT2D eigenvalue weighted by molar-refractivity contribution is 9.10. The predicted molar refractivity (Wildman–Crippen MR) is 74.5 cm³/mol. The summed E-state index contributed by atoms with van der Waals surface area (Å²) in [5.74, 6) is -1.64. The number of nitrogens with one attached hydrogen (secondary N) is 1. The lowest BCUT2D eigenvalue weighted by Crippen LogP contribution is -2.20. The molecule has 1 aromatic rings. The summed E-state index contributed by atoms with van der Waals surface area (Å²) in [4.78, 5) is 0. The molecule has 0 saturated carbocycles. The molecule has 102 valence electrons. The van der Waals surface area contributed by atoms with Crippen molar-refractivity contribution in [2.24, 2.45) is 5.41 Å². The highest BCUT2D eigenvalue weighted by Crippen LogP contribution is 2.32. The zero-order valence-corrected chi connectivity index (χ0v) is 12.9. The zero-order chi connectivity index (χ0) is 13.9. The van der Waals surface area contributed by atoms with Crippen LogP contribution in [0, 0.1) is 17.0 Å². The number of hydrogen-bond acceptors (Lipinski definition) is 1.